The molecule has 1 atom stereocenters. The zero-order valence-corrected chi connectivity index (χ0v) is 15.0. The van der Waals surface area contributed by atoms with Gasteiger partial charge in [-0.05, 0) is 30.0 Å². The summed E-state index contributed by atoms with van der Waals surface area (Å²) in [5.41, 5.74) is 2.48. The number of allylic oxidation sites excluding steroid dienone is 1. The van der Waals surface area contributed by atoms with Crippen LogP contribution in [0.1, 0.15) is 17.5 Å². The SMILES string of the molecule is Fc1ccc(CNc2ncc(CC3=CNC4=NC=C(Cl)CC34)cn2)c(F)c1. The molecule has 0 spiro atoms. The molecule has 0 amide bonds. The van der Waals surface area contributed by atoms with E-state index in [4.69, 9.17) is 11.6 Å². The monoisotopic (exact) mass is 387 g/mol. The van der Waals surface area contributed by atoms with Gasteiger partial charge in [-0.3, -0.25) is 0 Å². The third-order valence-corrected chi connectivity index (χ3v) is 4.74. The highest BCUT2D eigenvalue weighted by Gasteiger charge is 2.28. The summed E-state index contributed by atoms with van der Waals surface area (Å²) in [5.74, 6) is 0.261. The molecule has 2 aromatic rings. The minimum absolute atomic E-state index is 0.168. The molecule has 4 rings (SSSR count). The summed E-state index contributed by atoms with van der Waals surface area (Å²) in [6.07, 6.45) is 8.51. The second-order valence-electron chi connectivity index (χ2n) is 6.39. The van der Waals surface area contributed by atoms with Crippen molar-refractivity contribution in [3.8, 4) is 0 Å². The van der Waals surface area contributed by atoms with Gasteiger partial charge in [0.2, 0.25) is 5.95 Å². The largest absolute Gasteiger partial charge is 0.350 e. The Bertz CT molecular complexity index is 953. The molecule has 2 aliphatic heterocycles. The molecule has 27 heavy (non-hydrogen) atoms. The summed E-state index contributed by atoms with van der Waals surface area (Å²) < 4.78 is 26.6. The van der Waals surface area contributed by atoms with Crippen LogP contribution in [0.2, 0.25) is 0 Å². The lowest BCUT2D eigenvalue weighted by Gasteiger charge is -2.17. The van der Waals surface area contributed by atoms with Crippen LogP contribution in [0.25, 0.3) is 0 Å². The molecule has 3 heterocycles. The molecule has 0 saturated carbocycles. The number of fused-ring (bicyclic) bond motifs is 1. The first kappa shape index (κ1) is 17.6. The van der Waals surface area contributed by atoms with Crippen molar-refractivity contribution < 1.29 is 8.78 Å². The van der Waals surface area contributed by atoms with E-state index in [-0.39, 0.29) is 12.5 Å². The summed E-state index contributed by atoms with van der Waals surface area (Å²) in [5, 5.41) is 6.85. The van der Waals surface area contributed by atoms with Gasteiger partial charge in [-0.25, -0.2) is 23.7 Å². The van der Waals surface area contributed by atoms with E-state index < -0.39 is 11.6 Å². The van der Waals surface area contributed by atoms with Gasteiger partial charge >= 0.3 is 0 Å². The predicted octanol–water partition coefficient (Wildman–Crippen LogP) is 3.90. The zero-order valence-electron chi connectivity index (χ0n) is 14.2. The van der Waals surface area contributed by atoms with E-state index in [2.05, 4.69) is 25.6 Å². The Morgan fingerprint density at radius 1 is 1.22 bits per heavy atom. The van der Waals surface area contributed by atoms with Crippen molar-refractivity contribution in [3.05, 3.63) is 76.4 Å². The van der Waals surface area contributed by atoms with Crippen LogP contribution in [-0.4, -0.2) is 15.8 Å². The molecule has 1 unspecified atom stereocenters. The third kappa shape index (κ3) is 3.98. The standard InChI is InChI=1S/C19H16ClF2N5/c20-14-4-16-13(9-23-18(16)24-10-14)3-11-6-25-19(26-7-11)27-8-12-1-2-15(21)5-17(12)22/h1-2,5-7,9-10,16H,3-4,8H2,(H,23,24)(H,25,26,27). The van der Waals surface area contributed by atoms with Crippen molar-refractivity contribution in [2.45, 2.75) is 19.4 Å². The Morgan fingerprint density at radius 3 is 2.81 bits per heavy atom. The number of aromatic nitrogens is 2. The molecule has 2 aliphatic rings. The molecule has 2 N–H and O–H groups in total. The number of rotatable bonds is 5. The quantitative estimate of drug-likeness (QED) is 0.817. The van der Waals surface area contributed by atoms with Crippen molar-refractivity contribution in [2.75, 3.05) is 5.32 Å². The van der Waals surface area contributed by atoms with E-state index >= 15 is 0 Å². The highest BCUT2D eigenvalue weighted by Crippen LogP contribution is 2.31. The molecular weight excluding hydrogens is 372 g/mol. The molecule has 0 aliphatic carbocycles. The summed E-state index contributed by atoms with van der Waals surface area (Å²) in [6, 6.07) is 3.47. The maximum Gasteiger partial charge on any atom is 0.222 e. The predicted molar refractivity (Wildman–Crippen MR) is 100 cm³/mol. The first-order valence-electron chi connectivity index (χ1n) is 8.45. The summed E-state index contributed by atoms with van der Waals surface area (Å²) >= 11 is 6.10. The van der Waals surface area contributed by atoms with Crippen LogP contribution in [0, 0.1) is 17.6 Å². The number of hydrogen-bond donors (Lipinski definition) is 2. The smallest absolute Gasteiger partial charge is 0.222 e. The number of amidine groups is 1. The van der Waals surface area contributed by atoms with Gasteiger partial charge in [0.05, 0.1) is 0 Å². The van der Waals surface area contributed by atoms with Crippen molar-refractivity contribution in [1.29, 1.82) is 0 Å². The summed E-state index contributed by atoms with van der Waals surface area (Å²) in [7, 11) is 0. The van der Waals surface area contributed by atoms with Gasteiger partial charge in [0.1, 0.15) is 17.5 Å². The fourth-order valence-corrected chi connectivity index (χ4v) is 3.28. The second kappa shape index (κ2) is 7.44. The topological polar surface area (TPSA) is 62.2 Å². The lowest BCUT2D eigenvalue weighted by molar-refractivity contribution is 0.574. The van der Waals surface area contributed by atoms with Crippen LogP contribution in [0.4, 0.5) is 14.7 Å². The van der Waals surface area contributed by atoms with Crippen LogP contribution in [-0.2, 0) is 13.0 Å². The lowest BCUT2D eigenvalue weighted by atomic mass is 9.92. The average molecular weight is 388 g/mol. The normalized spacial score (nSPS) is 18.2. The number of hydrogen-bond acceptors (Lipinski definition) is 5. The second-order valence-corrected chi connectivity index (χ2v) is 6.88. The van der Waals surface area contributed by atoms with Gasteiger partial charge < -0.3 is 10.6 Å². The first-order valence-corrected chi connectivity index (χ1v) is 8.83. The molecule has 0 bridgehead atoms. The van der Waals surface area contributed by atoms with Gasteiger partial charge in [-0.2, -0.15) is 0 Å². The molecule has 0 fully saturated rings. The van der Waals surface area contributed by atoms with Gasteiger partial charge in [-0.15, -0.1) is 0 Å². The van der Waals surface area contributed by atoms with Gasteiger partial charge in [0.25, 0.3) is 0 Å². The molecule has 0 saturated heterocycles. The Hall–Kier alpha value is -2.80. The molecule has 5 nitrogen and oxygen atoms in total. The van der Waals surface area contributed by atoms with E-state index in [0.717, 1.165) is 28.9 Å². The summed E-state index contributed by atoms with van der Waals surface area (Å²) in [4.78, 5) is 12.8. The molecular formula is C19H16ClF2N5. The van der Waals surface area contributed by atoms with Crippen LogP contribution in [0.3, 0.4) is 0 Å². The zero-order chi connectivity index (χ0) is 18.8. The minimum atomic E-state index is -0.601. The van der Waals surface area contributed by atoms with E-state index in [9.17, 15) is 8.78 Å². The van der Waals surface area contributed by atoms with E-state index in [1.807, 2.05) is 6.20 Å². The average Bonchev–Trinajstić information content (AvgIpc) is 3.04. The Balaban J connectivity index is 1.37. The Kier molecular flexibility index (Phi) is 4.85. The molecule has 138 valence electrons. The fourth-order valence-electron chi connectivity index (χ4n) is 3.07. The fraction of sp³-hybridized carbons (Fsp3) is 0.211. The van der Waals surface area contributed by atoms with Crippen LogP contribution in [0.5, 0.6) is 0 Å². The van der Waals surface area contributed by atoms with Gasteiger partial charge in [0.15, 0.2) is 0 Å². The van der Waals surface area contributed by atoms with E-state index in [1.54, 1.807) is 18.6 Å². The van der Waals surface area contributed by atoms with Crippen LogP contribution in [0.15, 0.2) is 58.6 Å². The molecule has 0 radical (unpaired) electrons. The van der Waals surface area contributed by atoms with Gasteiger partial charge in [-0.1, -0.05) is 17.7 Å². The number of halogens is 3. The summed E-state index contributed by atoms with van der Waals surface area (Å²) in [6.45, 7) is 0.174. The number of nitrogens with zero attached hydrogens (tertiary/aromatic N) is 3. The van der Waals surface area contributed by atoms with E-state index in [0.29, 0.717) is 17.9 Å². The highest BCUT2D eigenvalue weighted by molar-refractivity contribution is 6.30. The number of nitrogens with one attached hydrogen (secondary N) is 2. The maximum absolute atomic E-state index is 13.7. The minimum Gasteiger partial charge on any atom is -0.350 e. The first-order chi connectivity index (χ1) is 13.1. The number of benzene rings is 1. The van der Waals surface area contributed by atoms with Crippen molar-refractivity contribution in [3.63, 3.8) is 0 Å². The third-order valence-electron chi connectivity index (χ3n) is 4.49. The van der Waals surface area contributed by atoms with Crippen LogP contribution < -0.4 is 10.6 Å². The Morgan fingerprint density at radius 2 is 2.04 bits per heavy atom. The van der Waals surface area contributed by atoms with Crippen molar-refractivity contribution >= 4 is 23.4 Å². The van der Waals surface area contributed by atoms with Crippen LogP contribution >= 0.6 is 11.6 Å². The number of anilines is 1. The highest BCUT2D eigenvalue weighted by atomic mass is 35.5. The van der Waals surface area contributed by atoms with Crippen molar-refractivity contribution in [1.82, 2.24) is 15.3 Å². The molecule has 1 aromatic carbocycles. The Labute approximate surface area is 159 Å². The van der Waals surface area contributed by atoms with E-state index in [1.165, 1.54) is 17.7 Å². The molecule has 8 heteroatoms. The maximum atomic E-state index is 13.7. The van der Waals surface area contributed by atoms with Crippen molar-refractivity contribution in [2.24, 2.45) is 10.9 Å². The lowest BCUT2D eigenvalue weighted by Crippen LogP contribution is -2.23. The molecule has 1 aromatic heterocycles. The number of aliphatic imine (C=N–C) groups is 1. The van der Waals surface area contributed by atoms with Gasteiger partial charge in [0, 0.05) is 53.9 Å².